The van der Waals surface area contributed by atoms with Crippen LogP contribution in [-0.2, 0) is 24.1 Å². The van der Waals surface area contributed by atoms with Gasteiger partial charge in [-0.2, -0.15) is 13.2 Å². The molecule has 0 bridgehead atoms. The second-order valence-corrected chi connectivity index (χ2v) is 7.93. The molecule has 0 aliphatic heterocycles. The molecule has 4 rings (SSSR count). The van der Waals surface area contributed by atoms with E-state index >= 15 is 0 Å². The van der Waals surface area contributed by atoms with Gasteiger partial charge in [-0.05, 0) is 42.0 Å². The Hall–Kier alpha value is -3.85. The maximum atomic E-state index is 13.3. The molecular formula is C24H17ClF3N3O3. The van der Waals surface area contributed by atoms with Crippen molar-refractivity contribution < 1.29 is 18.0 Å². The quantitative estimate of drug-likeness (QED) is 0.450. The first-order valence-electron chi connectivity index (χ1n) is 10.1. The number of anilines is 1. The van der Waals surface area contributed by atoms with Crippen LogP contribution >= 0.6 is 11.6 Å². The lowest BCUT2D eigenvalue weighted by Crippen LogP contribution is -2.42. The SMILES string of the molecule is O=C(Cn1c(=O)n(Cc2ccc(Cl)cc2)c(=O)c2ccccc21)Nc1ccccc1C(F)(F)F. The summed E-state index contributed by atoms with van der Waals surface area (Å²) >= 11 is 5.89. The number of nitrogens with one attached hydrogen (secondary N) is 1. The molecule has 6 nitrogen and oxygen atoms in total. The summed E-state index contributed by atoms with van der Waals surface area (Å²) in [6.45, 7) is -0.662. The summed E-state index contributed by atoms with van der Waals surface area (Å²) in [5, 5.41) is 2.91. The number of fused-ring (bicyclic) bond motifs is 1. The van der Waals surface area contributed by atoms with Crippen LogP contribution in [0, 0.1) is 0 Å². The highest BCUT2D eigenvalue weighted by molar-refractivity contribution is 6.30. The number of carbonyl (C=O) groups is 1. The van der Waals surface area contributed by atoms with Crippen molar-refractivity contribution in [2.45, 2.75) is 19.3 Å². The Bertz CT molecular complexity index is 1490. The standard InChI is InChI=1S/C24H17ClF3N3O3/c25-16-11-9-15(10-12-16)13-31-22(33)17-5-1-4-8-20(17)30(23(31)34)14-21(32)29-19-7-3-2-6-18(19)24(26,27)28/h1-12H,13-14H2,(H,29,32). The van der Waals surface area contributed by atoms with Crippen molar-refractivity contribution >= 4 is 34.1 Å². The van der Waals surface area contributed by atoms with Gasteiger partial charge in [0, 0.05) is 5.02 Å². The zero-order valence-electron chi connectivity index (χ0n) is 17.5. The van der Waals surface area contributed by atoms with Crippen molar-refractivity contribution in [3.8, 4) is 0 Å². The fraction of sp³-hybridized carbons (Fsp3) is 0.125. The molecule has 1 heterocycles. The highest BCUT2D eigenvalue weighted by Gasteiger charge is 2.33. The summed E-state index contributed by atoms with van der Waals surface area (Å²) in [4.78, 5) is 38.9. The monoisotopic (exact) mass is 487 g/mol. The second kappa shape index (κ2) is 9.18. The summed E-state index contributed by atoms with van der Waals surface area (Å²) in [5.74, 6) is -0.847. The third-order valence-corrected chi connectivity index (χ3v) is 5.45. The Morgan fingerprint density at radius 1 is 0.882 bits per heavy atom. The zero-order chi connectivity index (χ0) is 24.5. The molecule has 0 aliphatic carbocycles. The van der Waals surface area contributed by atoms with Gasteiger partial charge in [-0.3, -0.25) is 18.7 Å². The normalized spacial score (nSPS) is 11.5. The van der Waals surface area contributed by atoms with E-state index in [1.165, 1.54) is 24.3 Å². The lowest BCUT2D eigenvalue weighted by atomic mass is 10.1. The number of aromatic nitrogens is 2. The fourth-order valence-electron chi connectivity index (χ4n) is 3.61. The fourth-order valence-corrected chi connectivity index (χ4v) is 3.73. The van der Waals surface area contributed by atoms with Crippen LogP contribution in [0.5, 0.6) is 0 Å². The molecule has 1 amide bonds. The van der Waals surface area contributed by atoms with E-state index in [2.05, 4.69) is 5.32 Å². The molecule has 4 aromatic rings. The number of alkyl halides is 3. The van der Waals surface area contributed by atoms with Crippen molar-refractivity contribution in [2.24, 2.45) is 0 Å². The molecule has 0 saturated carbocycles. The number of halogens is 4. The topological polar surface area (TPSA) is 73.1 Å². The van der Waals surface area contributed by atoms with Gasteiger partial charge < -0.3 is 5.32 Å². The van der Waals surface area contributed by atoms with Gasteiger partial charge in [-0.15, -0.1) is 0 Å². The van der Waals surface area contributed by atoms with Crippen LogP contribution in [0.4, 0.5) is 18.9 Å². The van der Waals surface area contributed by atoms with Crippen LogP contribution < -0.4 is 16.6 Å². The predicted octanol–water partition coefficient (Wildman–Crippen LogP) is 4.52. The van der Waals surface area contributed by atoms with Gasteiger partial charge in [0.2, 0.25) is 5.91 Å². The van der Waals surface area contributed by atoms with Crippen molar-refractivity contribution in [2.75, 3.05) is 5.32 Å². The highest BCUT2D eigenvalue weighted by atomic mass is 35.5. The predicted molar refractivity (Wildman–Crippen MR) is 123 cm³/mol. The lowest BCUT2D eigenvalue weighted by molar-refractivity contribution is -0.137. The van der Waals surface area contributed by atoms with Crippen molar-refractivity contribution in [3.05, 3.63) is 110 Å². The minimum absolute atomic E-state index is 0.0712. The van der Waals surface area contributed by atoms with Gasteiger partial charge in [-0.1, -0.05) is 48.0 Å². The molecule has 174 valence electrons. The molecule has 0 saturated heterocycles. The largest absolute Gasteiger partial charge is 0.418 e. The average Bonchev–Trinajstić information content (AvgIpc) is 2.80. The number of rotatable bonds is 5. The Morgan fingerprint density at radius 3 is 2.24 bits per heavy atom. The molecule has 0 radical (unpaired) electrons. The molecule has 1 N–H and O–H groups in total. The third-order valence-electron chi connectivity index (χ3n) is 5.19. The van der Waals surface area contributed by atoms with E-state index in [0.717, 1.165) is 21.3 Å². The van der Waals surface area contributed by atoms with E-state index in [9.17, 15) is 27.6 Å². The smallest absolute Gasteiger partial charge is 0.324 e. The van der Waals surface area contributed by atoms with Gasteiger partial charge in [0.15, 0.2) is 0 Å². The highest BCUT2D eigenvalue weighted by Crippen LogP contribution is 2.34. The van der Waals surface area contributed by atoms with E-state index in [1.807, 2.05) is 0 Å². The van der Waals surface area contributed by atoms with Gasteiger partial charge in [0.05, 0.1) is 28.7 Å². The number of hydrogen-bond donors (Lipinski definition) is 1. The van der Waals surface area contributed by atoms with Gasteiger partial charge >= 0.3 is 11.9 Å². The second-order valence-electron chi connectivity index (χ2n) is 7.50. The van der Waals surface area contributed by atoms with Gasteiger partial charge in [0.25, 0.3) is 5.56 Å². The maximum absolute atomic E-state index is 13.3. The molecule has 34 heavy (non-hydrogen) atoms. The molecule has 0 aliphatic rings. The number of amides is 1. The van der Waals surface area contributed by atoms with Crippen LogP contribution in [0.2, 0.25) is 5.02 Å². The number of nitrogens with zero attached hydrogens (tertiary/aromatic N) is 2. The van der Waals surface area contributed by atoms with E-state index in [-0.39, 0.29) is 17.4 Å². The van der Waals surface area contributed by atoms with Crippen LogP contribution in [0.15, 0.2) is 82.4 Å². The first-order valence-corrected chi connectivity index (χ1v) is 10.5. The Morgan fingerprint density at radius 2 is 1.53 bits per heavy atom. The molecule has 0 unspecified atom stereocenters. The molecule has 1 aromatic heterocycles. The average molecular weight is 488 g/mol. The molecule has 0 spiro atoms. The minimum atomic E-state index is -4.67. The number of para-hydroxylation sites is 2. The Balaban J connectivity index is 1.74. The van der Waals surface area contributed by atoms with Crippen molar-refractivity contribution in [1.29, 1.82) is 0 Å². The zero-order valence-corrected chi connectivity index (χ0v) is 18.2. The summed E-state index contributed by atoms with van der Waals surface area (Å²) < 4.78 is 41.9. The lowest BCUT2D eigenvalue weighted by Gasteiger charge is -2.16. The first kappa shape index (κ1) is 23.3. The van der Waals surface area contributed by atoms with E-state index in [0.29, 0.717) is 10.6 Å². The van der Waals surface area contributed by atoms with Crippen LogP contribution in [-0.4, -0.2) is 15.0 Å². The number of benzene rings is 3. The van der Waals surface area contributed by atoms with Crippen LogP contribution in [0.3, 0.4) is 0 Å². The van der Waals surface area contributed by atoms with E-state index in [1.54, 1.807) is 36.4 Å². The molecule has 3 aromatic carbocycles. The molecule has 10 heteroatoms. The third kappa shape index (κ3) is 4.74. The molecule has 0 atom stereocenters. The Labute approximate surface area is 195 Å². The molecule has 0 fully saturated rings. The molecular weight excluding hydrogens is 471 g/mol. The van der Waals surface area contributed by atoms with E-state index < -0.39 is 41.1 Å². The number of hydrogen-bond acceptors (Lipinski definition) is 3. The first-order chi connectivity index (χ1) is 16.1. The van der Waals surface area contributed by atoms with Crippen LogP contribution in [0.25, 0.3) is 10.9 Å². The Kier molecular flexibility index (Phi) is 6.30. The van der Waals surface area contributed by atoms with Gasteiger partial charge in [-0.25, -0.2) is 4.79 Å². The summed E-state index contributed by atoms with van der Waals surface area (Å²) in [6, 6.07) is 17.3. The summed E-state index contributed by atoms with van der Waals surface area (Å²) in [6.07, 6.45) is -4.67. The van der Waals surface area contributed by atoms with E-state index in [4.69, 9.17) is 11.6 Å². The maximum Gasteiger partial charge on any atom is 0.418 e. The van der Waals surface area contributed by atoms with Crippen molar-refractivity contribution in [1.82, 2.24) is 9.13 Å². The van der Waals surface area contributed by atoms with Crippen molar-refractivity contribution in [3.63, 3.8) is 0 Å². The summed E-state index contributed by atoms with van der Waals surface area (Å²) in [7, 11) is 0. The number of carbonyl (C=O) groups excluding carboxylic acids is 1. The summed E-state index contributed by atoms with van der Waals surface area (Å²) in [5.41, 5.74) is -1.91. The van der Waals surface area contributed by atoms with Crippen LogP contribution in [0.1, 0.15) is 11.1 Å². The van der Waals surface area contributed by atoms with Gasteiger partial charge in [0.1, 0.15) is 6.54 Å². The minimum Gasteiger partial charge on any atom is -0.324 e.